The zero-order valence-corrected chi connectivity index (χ0v) is 11.9. The van der Waals surface area contributed by atoms with Gasteiger partial charge < -0.3 is 15.0 Å². The number of hydrogen-bond donors (Lipinski definition) is 1. The lowest BCUT2D eigenvalue weighted by atomic mass is 10.3. The Balaban J connectivity index is 1.56. The molecule has 7 nitrogen and oxygen atoms in total. The minimum Gasteiger partial charge on any atom is -0.472 e. The number of nitrogens with zero attached hydrogens (tertiary/aromatic N) is 3. The summed E-state index contributed by atoms with van der Waals surface area (Å²) in [6, 6.07) is 3.21. The van der Waals surface area contributed by atoms with Crippen molar-refractivity contribution in [3.8, 4) is 5.88 Å². The average molecular weight is 290 g/mol. The first-order valence-electron chi connectivity index (χ1n) is 7.07. The van der Waals surface area contributed by atoms with Crippen LogP contribution in [0.15, 0.2) is 18.3 Å². The van der Waals surface area contributed by atoms with Crippen LogP contribution in [-0.2, 0) is 0 Å². The molecule has 3 heterocycles. The highest BCUT2D eigenvalue weighted by Crippen LogP contribution is 2.18. The molecule has 2 saturated heterocycles. The molecule has 2 fully saturated rings. The highest BCUT2D eigenvalue weighted by atomic mass is 16.5. The number of carbonyl (C=O) groups excluding carboxylic acids is 2. The first-order valence-corrected chi connectivity index (χ1v) is 7.07. The number of nitrogens with one attached hydrogen (secondary N) is 1. The third-order valence-corrected chi connectivity index (χ3v) is 3.67. The van der Waals surface area contributed by atoms with Crippen LogP contribution in [0.4, 0.5) is 9.59 Å². The molecule has 0 spiro atoms. The van der Waals surface area contributed by atoms with Crippen LogP contribution in [0.5, 0.6) is 5.88 Å². The summed E-state index contributed by atoms with van der Waals surface area (Å²) in [6.07, 6.45) is 2.42. The number of pyridine rings is 1. The van der Waals surface area contributed by atoms with E-state index >= 15 is 0 Å². The number of urea groups is 2. The minimum atomic E-state index is -0.315. The maximum Gasteiger partial charge on any atom is 0.328 e. The lowest BCUT2D eigenvalue weighted by molar-refractivity contribution is 0.160. The van der Waals surface area contributed by atoms with Gasteiger partial charge in [-0.05, 0) is 12.5 Å². The van der Waals surface area contributed by atoms with Crippen molar-refractivity contribution in [3.63, 3.8) is 0 Å². The molecule has 112 valence electrons. The zero-order valence-electron chi connectivity index (χ0n) is 11.9. The Morgan fingerprint density at radius 1 is 1.43 bits per heavy atom. The Kier molecular flexibility index (Phi) is 3.64. The molecule has 3 rings (SSSR count). The van der Waals surface area contributed by atoms with Gasteiger partial charge in [-0.2, -0.15) is 0 Å². The number of aromatic nitrogens is 1. The lowest BCUT2D eigenvalue weighted by Gasteiger charge is -2.21. The van der Waals surface area contributed by atoms with E-state index in [4.69, 9.17) is 4.74 Å². The topological polar surface area (TPSA) is 74.8 Å². The molecule has 2 aliphatic rings. The lowest BCUT2D eigenvalue weighted by Crippen LogP contribution is -2.44. The van der Waals surface area contributed by atoms with Crippen LogP contribution in [0.2, 0.25) is 0 Å². The monoisotopic (exact) mass is 290 g/mol. The van der Waals surface area contributed by atoms with E-state index in [-0.39, 0.29) is 18.2 Å². The Morgan fingerprint density at radius 2 is 2.29 bits per heavy atom. The van der Waals surface area contributed by atoms with Gasteiger partial charge in [-0.25, -0.2) is 19.5 Å². The Hall–Kier alpha value is -2.31. The fourth-order valence-corrected chi connectivity index (χ4v) is 2.52. The SMILES string of the molecule is Cc1ccc(OC2CCN(C(=O)N3CCNC3=O)C2)nc1. The predicted octanol–water partition coefficient (Wildman–Crippen LogP) is 0.988. The van der Waals surface area contributed by atoms with Gasteiger partial charge in [-0.1, -0.05) is 6.07 Å². The third kappa shape index (κ3) is 2.91. The normalized spacial score (nSPS) is 21.6. The molecule has 21 heavy (non-hydrogen) atoms. The summed E-state index contributed by atoms with van der Waals surface area (Å²) in [4.78, 5) is 30.8. The van der Waals surface area contributed by atoms with Crippen molar-refractivity contribution in [2.45, 2.75) is 19.4 Å². The number of amides is 4. The molecule has 0 radical (unpaired) electrons. The molecule has 0 aromatic carbocycles. The van der Waals surface area contributed by atoms with E-state index in [2.05, 4.69) is 10.3 Å². The van der Waals surface area contributed by atoms with Crippen LogP contribution in [0.3, 0.4) is 0 Å². The molecule has 0 bridgehead atoms. The van der Waals surface area contributed by atoms with Crippen molar-refractivity contribution in [1.82, 2.24) is 20.1 Å². The molecule has 1 aromatic rings. The van der Waals surface area contributed by atoms with Crippen molar-refractivity contribution < 1.29 is 14.3 Å². The van der Waals surface area contributed by atoms with Gasteiger partial charge in [0.2, 0.25) is 5.88 Å². The standard InChI is InChI=1S/C14H18N4O3/c1-10-2-3-12(16-8-10)21-11-4-6-17(9-11)14(20)18-7-5-15-13(18)19/h2-3,8,11H,4-7,9H2,1H3,(H,15,19). The fourth-order valence-electron chi connectivity index (χ4n) is 2.52. The molecule has 0 aliphatic carbocycles. The first-order chi connectivity index (χ1) is 10.1. The number of rotatable bonds is 2. The second-order valence-electron chi connectivity index (χ2n) is 5.31. The van der Waals surface area contributed by atoms with Crippen molar-refractivity contribution in [2.24, 2.45) is 0 Å². The predicted molar refractivity (Wildman–Crippen MR) is 75.1 cm³/mol. The van der Waals surface area contributed by atoms with Gasteiger partial charge >= 0.3 is 12.1 Å². The third-order valence-electron chi connectivity index (χ3n) is 3.67. The van der Waals surface area contributed by atoms with Crippen LogP contribution in [0.25, 0.3) is 0 Å². The van der Waals surface area contributed by atoms with Crippen LogP contribution in [0, 0.1) is 6.92 Å². The van der Waals surface area contributed by atoms with Crippen LogP contribution in [0.1, 0.15) is 12.0 Å². The number of likely N-dealkylation sites (tertiary alicyclic amines) is 1. The number of imide groups is 1. The van der Waals surface area contributed by atoms with E-state index in [0.717, 1.165) is 12.0 Å². The maximum atomic E-state index is 12.2. The molecule has 1 aromatic heterocycles. The molecule has 2 aliphatic heterocycles. The Bertz CT molecular complexity index is 546. The Morgan fingerprint density at radius 3 is 2.95 bits per heavy atom. The quantitative estimate of drug-likeness (QED) is 0.881. The van der Waals surface area contributed by atoms with Gasteiger partial charge in [-0.15, -0.1) is 0 Å². The van der Waals surface area contributed by atoms with Gasteiger partial charge in [0.15, 0.2) is 0 Å². The highest BCUT2D eigenvalue weighted by Gasteiger charge is 2.35. The summed E-state index contributed by atoms with van der Waals surface area (Å²) >= 11 is 0. The van der Waals surface area contributed by atoms with E-state index in [1.165, 1.54) is 4.90 Å². The largest absolute Gasteiger partial charge is 0.472 e. The van der Waals surface area contributed by atoms with E-state index in [1.807, 2.05) is 19.1 Å². The van der Waals surface area contributed by atoms with Gasteiger partial charge in [0, 0.05) is 38.3 Å². The molecular formula is C14H18N4O3. The van der Waals surface area contributed by atoms with E-state index < -0.39 is 0 Å². The summed E-state index contributed by atoms with van der Waals surface area (Å²) in [5.41, 5.74) is 1.07. The average Bonchev–Trinajstić information content (AvgIpc) is 3.10. The van der Waals surface area contributed by atoms with Crippen molar-refractivity contribution >= 4 is 12.1 Å². The second-order valence-corrected chi connectivity index (χ2v) is 5.31. The minimum absolute atomic E-state index is 0.0742. The zero-order chi connectivity index (χ0) is 14.8. The maximum absolute atomic E-state index is 12.2. The van der Waals surface area contributed by atoms with Gasteiger partial charge in [0.25, 0.3) is 0 Å². The molecule has 0 saturated carbocycles. The number of ether oxygens (including phenoxy) is 1. The smallest absolute Gasteiger partial charge is 0.328 e. The second kappa shape index (κ2) is 5.59. The van der Waals surface area contributed by atoms with Crippen LogP contribution in [-0.4, -0.2) is 59.1 Å². The van der Waals surface area contributed by atoms with Gasteiger partial charge in [0.05, 0.1) is 6.54 Å². The molecule has 7 heteroatoms. The number of hydrogen-bond acceptors (Lipinski definition) is 4. The molecule has 1 atom stereocenters. The van der Waals surface area contributed by atoms with E-state index in [1.54, 1.807) is 11.1 Å². The van der Waals surface area contributed by atoms with Crippen LogP contribution < -0.4 is 10.1 Å². The van der Waals surface area contributed by atoms with E-state index in [0.29, 0.717) is 32.1 Å². The molecule has 4 amide bonds. The number of aryl methyl sites for hydroxylation is 1. The summed E-state index contributed by atoms with van der Waals surface area (Å²) < 4.78 is 5.78. The molecule has 1 N–H and O–H groups in total. The molecular weight excluding hydrogens is 272 g/mol. The van der Waals surface area contributed by atoms with Crippen LogP contribution >= 0.6 is 0 Å². The molecule has 1 unspecified atom stereocenters. The van der Waals surface area contributed by atoms with Gasteiger partial charge in [-0.3, -0.25) is 0 Å². The van der Waals surface area contributed by atoms with Crippen molar-refractivity contribution in [1.29, 1.82) is 0 Å². The van der Waals surface area contributed by atoms with Gasteiger partial charge in [0.1, 0.15) is 6.10 Å². The number of carbonyl (C=O) groups is 2. The summed E-state index contributed by atoms with van der Waals surface area (Å²) in [6.45, 7) is 4.00. The Labute approximate surface area is 122 Å². The van der Waals surface area contributed by atoms with Crippen molar-refractivity contribution in [2.75, 3.05) is 26.2 Å². The summed E-state index contributed by atoms with van der Waals surface area (Å²) in [7, 11) is 0. The first kappa shape index (κ1) is 13.7. The fraction of sp³-hybridized carbons (Fsp3) is 0.500. The highest BCUT2D eigenvalue weighted by molar-refractivity contribution is 5.95. The summed E-state index contributed by atoms with van der Waals surface area (Å²) in [5.74, 6) is 0.568. The van der Waals surface area contributed by atoms with Crippen molar-refractivity contribution in [3.05, 3.63) is 23.9 Å². The summed E-state index contributed by atoms with van der Waals surface area (Å²) in [5, 5.41) is 2.63. The van der Waals surface area contributed by atoms with E-state index in [9.17, 15) is 9.59 Å².